The first kappa shape index (κ1) is 18.7. The highest BCUT2D eigenvalue weighted by molar-refractivity contribution is 6.30. The second-order valence-corrected chi connectivity index (χ2v) is 6.80. The van der Waals surface area contributed by atoms with Gasteiger partial charge in [0.2, 0.25) is 0 Å². The van der Waals surface area contributed by atoms with Crippen LogP contribution in [0.1, 0.15) is 21.7 Å². The summed E-state index contributed by atoms with van der Waals surface area (Å²) in [6.45, 7) is 0. The zero-order valence-corrected chi connectivity index (χ0v) is 15.9. The maximum absolute atomic E-state index is 13.2. The Kier molecular flexibility index (Phi) is 4.97. The van der Waals surface area contributed by atoms with E-state index in [9.17, 15) is 9.59 Å². The third kappa shape index (κ3) is 3.81. The number of halogens is 1. The minimum atomic E-state index is -1.03. The van der Waals surface area contributed by atoms with E-state index < -0.39 is 5.97 Å². The first-order valence-corrected chi connectivity index (χ1v) is 9.20. The summed E-state index contributed by atoms with van der Waals surface area (Å²) in [6, 6.07) is 20.6. The van der Waals surface area contributed by atoms with Crippen LogP contribution in [-0.2, 0) is 0 Å². The highest BCUT2D eigenvalue weighted by Crippen LogP contribution is 2.17. The Hall–Kier alpha value is -3.70. The summed E-state index contributed by atoms with van der Waals surface area (Å²) in [5.74, 6) is -0.599. The van der Waals surface area contributed by atoms with Crippen LogP contribution in [0.25, 0.3) is 28.7 Å². The van der Waals surface area contributed by atoms with Crippen molar-refractivity contribution in [2.75, 3.05) is 0 Å². The van der Waals surface area contributed by atoms with Crippen molar-refractivity contribution >= 4 is 40.6 Å². The fourth-order valence-electron chi connectivity index (χ4n) is 3.05. The third-order valence-electron chi connectivity index (χ3n) is 4.45. The average molecular weight is 403 g/mol. The molecule has 1 N–H and O–H groups in total. The minimum absolute atomic E-state index is 0.145. The topological polar surface area (TPSA) is 72.2 Å². The maximum Gasteiger partial charge on any atom is 0.335 e. The lowest BCUT2D eigenvalue weighted by Gasteiger charge is -2.11. The van der Waals surface area contributed by atoms with Crippen molar-refractivity contribution in [3.05, 3.63) is 105 Å². The van der Waals surface area contributed by atoms with E-state index in [-0.39, 0.29) is 11.1 Å². The van der Waals surface area contributed by atoms with Gasteiger partial charge in [-0.3, -0.25) is 9.36 Å². The van der Waals surface area contributed by atoms with E-state index >= 15 is 0 Å². The average Bonchev–Trinajstić information content (AvgIpc) is 2.72. The molecule has 4 aromatic rings. The predicted octanol–water partition coefficient (Wildman–Crippen LogP) is 4.91. The van der Waals surface area contributed by atoms with Crippen LogP contribution in [0.2, 0.25) is 5.02 Å². The molecule has 0 aliphatic rings. The molecule has 1 aromatic heterocycles. The molecule has 142 valence electrons. The molecule has 0 fully saturated rings. The Bertz CT molecular complexity index is 1310. The second kappa shape index (κ2) is 7.73. The lowest BCUT2D eigenvalue weighted by molar-refractivity contribution is 0.0697. The highest BCUT2D eigenvalue weighted by Gasteiger charge is 2.12. The Balaban J connectivity index is 1.91. The first-order valence-electron chi connectivity index (χ1n) is 8.82. The number of hydrogen-bond acceptors (Lipinski definition) is 3. The van der Waals surface area contributed by atoms with E-state index in [0.717, 1.165) is 5.56 Å². The van der Waals surface area contributed by atoms with Crippen LogP contribution >= 0.6 is 11.6 Å². The van der Waals surface area contributed by atoms with Crippen LogP contribution in [0.15, 0.2) is 77.6 Å². The molecule has 0 radical (unpaired) electrons. The fraction of sp³-hybridized carbons (Fsp3) is 0. The van der Waals surface area contributed by atoms with E-state index in [4.69, 9.17) is 16.7 Å². The molecule has 0 aliphatic carbocycles. The number of carboxylic acids is 1. The summed E-state index contributed by atoms with van der Waals surface area (Å²) in [6.07, 6.45) is 3.56. The number of para-hydroxylation sites is 1. The molecule has 3 aromatic carbocycles. The van der Waals surface area contributed by atoms with Crippen LogP contribution in [-0.4, -0.2) is 20.6 Å². The van der Waals surface area contributed by atoms with Crippen molar-refractivity contribution in [2.24, 2.45) is 0 Å². The molecule has 0 bridgehead atoms. The third-order valence-corrected chi connectivity index (χ3v) is 4.68. The van der Waals surface area contributed by atoms with Crippen LogP contribution in [0.4, 0.5) is 0 Å². The number of nitrogens with zero attached hydrogens (tertiary/aromatic N) is 2. The highest BCUT2D eigenvalue weighted by atomic mass is 35.5. The Morgan fingerprint density at radius 2 is 1.72 bits per heavy atom. The molecule has 0 saturated carbocycles. The Morgan fingerprint density at radius 1 is 0.966 bits per heavy atom. The normalized spacial score (nSPS) is 11.2. The van der Waals surface area contributed by atoms with Gasteiger partial charge in [0.25, 0.3) is 5.56 Å². The molecule has 0 atom stereocenters. The standard InChI is InChI=1S/C23H15ClN2O3/c24-17-5-3-4-15(14-17)8-13-21-25-20-7-2-1-6-19(20)22(27)26(21)18-11-9-16(10-12-18)23(28)29/h1-14H,(H,28,29)/b13-8+. The Morgan fingerprint density at radius 3 is 2.45 bits per heavy atom. The number of fused-ring (bicyclic) bond motifs is 1. The van der Waals surface area contributed by atoms with Gasteiger partial charge in [0.05, 0.1) is 22.2 Å². The zero-order chi connectivity index (χ0) is 20.4. The quantitative estimate of drug-likeness (QED) is 0.526. The van der Waals surface area contributed by atoms with Gasteiger partial charge in [0.1, 0.15) is 5.82 Å². The summed E-state index contributed by atoms with van der Waals surface area (Å²) < 4.78 is 1.47. The summed E-state index contributed by atoms with van der Waals surface area (Å²) >= 11 is 6.04. The van der Waals surface area contributed by atoms with E-state index in [2.05, 4.69) is 4.98 Å². The molecule has 6 heteroatoms. The molecular weight excluding hydrogens is 388 g/mol. The molecule has 29 heavy (non-hydrogen) atoms. The lowest BCUT2D eigenvalue weighted by Crippen LogP contribution is -2.22. The van der Waals surface area contributed by atoms with Crippen LogP contribution < -0.4 is 5.56 Å². The lowest BCUT2D eigenvalue weighted by atomic mass is 10.1. The van der Waals surface area contributed by atoms with Crippen molar-refractivity contribution in [3.8, 4) is 5.69 Å². The van der Waals surface area contributed by atoms with E-state index in [1.54, 1.807) is 42.5 Å². The molecule has 5 nitrogen and oxygen atoms in total. The summed E-state index contributed by atoms with van der Waals surface area (Å²) in [5, 5.41) is 10.2. The number of carbonyl (C=O) groups is 1. The number of aromatic nitrogens is 2. The van der Waals surface area contributed by atoms with Crippen LogP contribution in [0, 0.1) is 0 Å². The molecule has 0 amide bonds. The molecule has 0 saturated heterocycles. The minimum Gasteiger partial charge on any atom is -0.478 e. The summed E-state index contributed by atoms with van der Waals surface area (Å²) in [5.41, 5.74) is 1.90. The largest absolute Gasteiger partial charge is 0.478 e. The van der Waals surface area contributed by atoms with Gasteiger partial charge < -0.3 is 5.11 Å². The van der Waals surface area contributed by atoms with Crippen molar-refractivity contribution < 1.29 is 9.90 Å². The van der Waals surface area contributed by atoms with E-state index in [1.165, 1.54) is 16.7 Å². The van der Waals surface area contributed by atoms with E-state index in [0.29, 0.717) is 27.4 Å². The van der Waals surface area contributed by atoms with Gasteiger partial charge in [-0.2, -0.15) is 0 Å². The molecular formula is C23H15ClN2O3. The van der Waals surface area contributed by atoms with Gasteiger partial charge >= 0.3 is 5.97 Å². The van der Waals surface area contributed by atoms with Crippen molar-refractivity contribution in [1.29, 1.82) is 0 Å². The number of hydrogen-bond donors (Lipinski definition) is 1. The molecule has 0 aliphatic heterocycles. The number of benzene rings is 3. The predicted molar refractivity (Wildman–Crippen MR) is 115 cm³/mol. The first-order chi connectivity index (χ1) is 14.0. The zero-order valence-electron chi connectivity index (χ0n) is 15.1. The van der Waals surface area contributed by atoms with Crippen LogP contribution in [0.3, 0.4) is 0 Å². The van der Waals surface area contributed by atoms with Crippen molar-refractivity contribution in [2.45, 2.75) is 0 Å². The summed E-state index contributed by atoms with van der Waals surface area (Å²) in [4.78, 5) is 29.0. The molecule has 0 spiro atoms. The van der Waals surface area contributed by atoms with Crippen LogP contribution in [0.5, 0.6) is 0 Å². The Labute approximate surface area is 171 Å². The monoisotopic (exact) mass is 402 g/mol. The maximum atomic E-state index is 13.2. The smallest absolute Gasteiger partial charge is 0.335 e. The fourth-order valence-corrected chi connectivity index (χ4v) is 3.24. The SMILES string of the molecule is O=C(O)c1ccc(-n2c(/C=C/c3cccc(Cl)c3)nc3ccccc3c2=O)cc1. The van der Waals surface area contributed by atoms with E-state index in [1.807, 2.05) is 30.3 Å². The number of carboxylic acid groups (broad SMARTS) is 1. The summed E-state index contributed by atoms with van der Waals surface area (Å²) in [7, 11) is 0. The molecule has 4 rings (SSSR count). The van der Waals surface area contributed by atoms with Crippen molar-refractivity contribution in [3.63, 3.8) is 0 Å². The molecule has 0 unspecified atom stereocenters. The van der Waals surface area contributed by atoms with Gasteiger partial charge in [-0.1, -0.05) is 41.9 Å². The number of rotatable bonds is 4. The van der Waals surface area contributed by atoms with Gasteiger partial charge in [0.15, 0.2) is 0 Å². The number of aromatic carboxylic acids is 1. The van der Waals surface area contributed by atoms with Gasteiger partial charge in [-0.05, 0) is 60.2 Å². The second-order valence-electron chi connectivity index (χ2n) is 6.37. The van der Waals surface area contributed by atoms with Crippen molar-refractivity contribution in [1.82, 2.24) is 9.55 Å². The molecule has 1 heterocycles. The van der Waals surface area contributed by atoms with Gasteiger partial charge in [-0.25, -0.2) is 9.78 Å². The van der Waals surface area contributed by atoms with Gasteiger partial charge in [0, 0.05) is 5.02 Å². The van der Waals surface area contributed by atoms with Gasteiger partial charge in [-0.15, -0.1) is 0 Å².